The van der Waals surface area contributed by atoms with Crippen molar-refractivity contribution in [3.05, 3.63) is 39.5 Å². The molecule has 88 valence electrons. The Hall–Kier alpha value is -1.39. The third-order valence-electron chi connectivity index (χ3n) is 2.34. The molecular weight excluding hydrogens is 258 g/mol. The van der Waals surface area contributed by atoms with Crippen molar-refractivity contribution in [2.24, 2.45) is 0 Å². The lowest BCUT2D eigenvalue weighted by Gasteiger charge is -2.05. The van der Waals surface area contributed by atoms with Gasteiger partial charge >= 0.3 is 5.97 Å². The van der Waals surface area contributed by atoms with Gasteiger partial charge in [-0.25, -0.2) is 4.79 Å². The van der Waals surface area contributed by atoms with Gasteiger partial charge in [0, 0.05) is 22.1 Å². The van der Waals surface area contributed by atoms with Gasteiger partial charge in [-0.15, -0.1) is 0 Å². The van der Waals surface area contributed by atoms with E-state index in [0.29, 0.717) is 21.7 Å². The number of hydrogen-bond acceptors (Lipinski definition) is 3. The Bertz CT molecular complexity index is 636. The average molecular weight is 268 g/mol. The summed E-state index contributed by atoms with van der Waals surface area (Å²) in [6.07, 6.45) is 1.55. The molecule has 0 spiro atoms. The molecule has 1 heterocycles. The topological polar surface area (TPSA) is 42.1 Å². The molecule has 0 saturated carbocycles. The Morgan fingerprint density at radius 2 is 2.29 bits per heavy atom. The summed E-state index contributed by atoms with van der Waals surface area (Å²) in [7, 11) is 0. The first-order valence-electron chi connectivity index (χ1n) is 5.11. The van der Waals surface area contributed by atoms with Crippen molar-refractivity contribution in [3.8, 4) is 0 Å². The Balaban J connectivity index is 2.62. The number of nitrogens with one attached hydrogen (secondary N) is 1. The molecule has 3 nitrogen and oxygen atoms in total. The van der Waals surface area contributed by atoms with Crippen LogP contribution in [-0.2, 0) is 4.74 Å². The van der Waals surface area contributed by atoms with E-state index in [1.165, 1.54) is 0 Å². The fourth-order valence-corrected chi connectivity index (χ4v) is 2.05. The highest BCUT2D eigenvalue weighted by Gasteiger charge is 2.11. The molecule has 1 N–H and O–H groups in total. The van der Waals surface area contributed by atoms with E-state index in [4.69, 9.17) is 28.6 Å². The van der Waals surface area contributed by atoms with Crippen LogP contribution in [0.1, 0.15) is 17.3 Å². The average Bonchev–Trinajstić information content (AvgIpc) is 2.29. The van der Waals surface area contributed by atoms with E-state index in [0.717, 1.165) is 10.9 Å². The van der Waals surface area contributed by atoms with Crippen molar-refractivity contribution in [2.75, 3.05) is 6.61 Å². The summed E-state index contributed by atoms with van der Waals surface area (Å²) in [6.45, 7) is 2.08. The molecule has 0 aliphatic carbocycles. The van der Waals surface area contributed by atoms with Crippen molar-refractivity contribution < 1.29 is 9.53 Å². The van der Waals surface area contributed by atoms with Gasteiger partial charge in [0.15, 0.2) is 0 Å². The van der Waals surface area contributed by atoms with Crippen LogP contribution in [0.3, 0.4) is 0 Å². The van der Waals surface area contributed by atoms with Crippen molar-refractivity contribution >= 4 is 40.7 Å². The van der Waals surface area contributed by atoms with Crippen LogP contribution in [-0.4, -0.2) is 17.6 Å². The number of hydrogen-bond donors (Lipinski definition) is 1. The maximum Gasteiger partial charge on any atom is 0.341 e. The third kappa shape index (κ3) is 2.33. The van der Waals surface area contributed by atoms with E-state index in [-0.39, 0.29) is 0 Å². The fraction of sp³-hybridized carbons (Fsp3) is 0.167. The molecule has 1 aromatic heterocycles. The number of fused-ring (bicyclic) bond motifs is 1. The van der Waals surface area contributed by atoms with Gasteiger partial charge in [-0.1, -0.05) is 23.8 Å². The molecular formula is C12H10ClNO2S. The molecule has 17 heavy (non-hydrogen) atoms. The first-order valence-corrected chi connectivity index (χ1v) is 5.90. The zero-order valence-electron chi connectivity index (χ0n) is 9.12. The third-order valence-corrected chi connectivity index (χ3v) is 3.01. The number of rotatable bonds is 2. The first-order chi connectivity index (χ1) is 8.13. The highest BCUT2D eigenvalue weighted by molar-refractivity contribution is 7.71. The molecule has 0 amide bonds. The second kappa shape index (κ2) is 4.85. The van der Waals surface area contributed by atoms with Crippen LogP contribution in [0.15, 0.2) is 24.4 Å². The Kier molecular flexibility index (Phi) is 3.45. The van der Waals surface area contributed by atoms with Crippen molar-refractivity contribution in [1.82, 2.24) is 4.98 Å². The van der Waals surface area contributed by atoms with Crippen molar-refractivity contribution in [3.63, 3.8) is 0 Å². The Morgan fingerprint density at radius 3 is 3.00 bits per heavy atom. The summed E-state index contributed by atoms with van der Waals surface area (Å²) < 4.78 is 5.41. The highest BCUT2D eigenvalue weighted by Crippen LogP contribution is 2.20. The van der Waals surface area contributed by atoms with Crippen LogP contribution in [0.2, 0.25) is 5.02 Å². The number of halogens is 1. The van der Waals surface area contributed by atoms with Gasteiger partial charge in [0.25, 0.3) is 0 Å². The summed E-state index contributed by atoms with van der Waals surface area (Å²) in [6, 6.07) is 5.29. The summed E-state index contributed by atoms with van der Waals surface area (Å²) in [5.41, 5.74) is 1.17. The number of pyridine rings is 1. The summed E-state index contributed by atoms with van der Waals surface area (Å²) in [4.78, 5) is 14.6. The highest BCUT2D eigenvalue weighted by atomic mass is 35.5. The molecule has 0 aliphatic heterocycles. The summed E-state index contributed by atoms with van der Waals surface area (Å²) in [5.74, 6) is -0.411. The zero-order valence-corrected chi connectivity index (χ0v) is 10.7. The summed E-state index contributed by atoms with van der Waals surface area (Å²) in [5, 5.41) is 1.40. The maximum atomic E-state index is 11.6. The van der Waals surface area contributed by atoms with E-state index >= 15 is 0 Å². The van der Waals surface area contributed by atoms with E-state index in [1.807, 2.05) is 0 Å². The maximum absolute atomic E-state index is 11.6. The molecule has 0 fully saturated rings. The molecule has 0 saturated heterocycles. The smallest absolute Gasteiger partial charge is 0.341 e. The quantitative estimate of drug-likeness (QED) is 0.666. The minimum absolute atomic E-state index is 0.326. The standard InChI is InChI=1S/C12H10ClNO2S/c1-2-16-12(15)9-6-14-10-5-7(13)3-4-8(10)11(9)17/h3-6H,2H2,1H3,(H,14,17). The van der Waals surface area contributed by atoms with Gasteiger partial charge in [0.2, 0.25) is 0 Å². The Morgan fingerprint density at radius 1 is 1.53 bits per heavy atom. The number of aromatic nitrogens is 1. The van der Waals surface area contributed by atoms with Gasteiger partial charge in [0.05, 0.1) is 16.7 Å². The monoisotopic (exact) mass is 267 g/mol. The fourth-order valence-electron chi connectivity index (χ4n) is 1.55. The number of esters is 1. The number of benzene rings is 1. The number of H-pyrrole nitrogens is 1. The molecule has 0 unspecified atom stereocenters. The first kappa shape index (κ1) is 12.1. The zero-order chi connectivity index (χ0) is 12.4. The molecule has 5 heteroatoms. The van der Waals surface area contributed by atoms with Crippen LogP contribution in [0.5, 0.6) is 0 Å². The number of ether oxygens (including phenoxy) is 1. The molecule has 0 atom stereocenters. The van der Waals surface area contributed by atoms with Gasteiger partial charge < -0.3 is 9.72 Å². The lowest BCUT2D eigenvalue weighted by atomic mass is 10.1. The van der Waals surface area contributed by atoms with E-state index in [9.17, 15) is 4.79 Å². The SMILES string of the molecule is CCOC(=O)c1c[nH]c2cc(Cl)ccc2c1=S. The van der Waals surface area contributed by atoms with Crippen molar-refractivity contribution in [1.29, 1.82) is 0 Å². The van der Waals surface area contributed by atoms with E-state index < -0.39 is 5.97 Å². The minimum atomic E-state index is -0.411. The van der Waals surface area contributed by atoms with Gasteiger partial charge in [-0.2, -0.15) is 0 Å². The number of carbonyl (C=O) groups is 1. The molecule has 0 aliphatic rings. The van der Waals surface area contributed by atoms with Crippen LogP contribution in [0.4, 0.5) is 0 Å². The van der Waals surface area contributed by atoms with Crippen molar-refractivity contribution in [2.45, 2.75) is 6.92 Å². The lowest BCUT2D eigenvalue weighted by molar-refractivity contribution is 0.0525. The van der Waals surface area contributed by atoms with Gasteiger partial charge in [-0.05, 0) is 25.1 Å². The lowest BCUT2D eigenvalue weighted by Crippen LogP contribution is -2.06. The van der Waals surface area contributed by atoms with E-state index in [1.54, 1.807) is 31.3 Å². The minimum Gasteiger partial charge on any atom is -0.462 e. The van der Waals surface area contributed by atoms with E-state index in [2.05, 4.69) is 4.98 Å². The summed E-state index contributed by atoms with van der Waals surface area (Å²) >= 11 is 11.1. The second-order valence-corrected chi connectivity index (χ2v) is 4.29. The molecule has 2 aromatic rings. The van der Waals surface area contributed by atoms with Gasteiger partial charge in [-0.3, -0.25) is 0 Å². The normalized spacial score (nSPS) is 10.5. The molecule has 2 rings (SSSR count). The molecule has 0 radical (unpaired) electrons. The Labute approximate surface area is 108 Å². The number of carbonyl (C=O) groups excluding carboxylic acids is 1. The van der Waals surface area contributed by atoms with Crippen LogP contribution >= 0.6 is 23.8 Å². The second-order valence-electron chi connectivity index (χ2n) is 3.44. The van der Waals surface area contributed by atoms with Gasteiger partial charge in [0.1, 0.15) is 0 Å². The molecule has 1 aromatic carbocycles. The molecule has 0 bridgehead atoms. The van der Waals surface area contributed by atoms with Crippen LogP contribution in [0.25, 0.3) is 10.9 Å². The largest absolute Gasteiger partial charge is 0.462 e. The predicted molar refractivity (Wildman–Crippen MR) is 70.1 cm³/mol. The number of aromatic amines is 1. The van der Waals surface area contributed by atoms with Crippen LogP contribution < -0.4 is 0 Å². The predicted octanol–water partition coefficient (Wildman–Crippen LogP) is 3.73. The van der Waals surface area contributed by atoms with Crippen LogP contribution in [0, 0.1) is 4.51 Å².